The van der Waals surface area contributed by atoms with E-state index in [-0.39, 0.29) is 0 Å². The molecule has 0 spiro atoms. The van der Waals surface area contributed by atoms with E-state index >= 15 is 0 Å². The highest BCUT2D eigenvalue weighted by Crippen LogP contribution is 2.37. The molecule has 0 atom stereocenters. The maximum absolute atomic E-state index is 9.61. The van der Waals surface area contributed by atoms with Crippen molar-refractivity contribution in [1.29, 1.82) is 5.26 Å². The molecule has 0 aliphatic rings. The van der Waals surface area contributed by atoms with E-state index < -0.39 is 0 Å². The fraction of sp³-hybridized carbons (Fsp3) is 0. The van der Waals surface area contributed by atoms with Crippen molar-refractivity contribution in [3.63, 3.8) is 0 Å². The summed E-state index contributed by atoms with van der Waals surface area (Å²) in [6.07, 6.45) is 0. The molecule has 0 fully saturated rings. The third kappa shape index (κ3) is 6.32. The summed E-state index contributed by atoms with van der Waals surface area (Å²) in [6.45, 7) is 0. The van der Waals surface area contributed by atoms with Crippen molar-refractivity contribution in [1.82, 2.24) is 15.0 Å². The number of rotatable bonds is 7. The lowest BCUT2D eigenvalue weighted by molar-refractivity contribution is 1.07. The molecule has 9 aromatic rings. The number of fused-ring (bicyclic) bond motifs is 1. The van der Waals surface area contributed by atoms with E-state index in [1.54, 1.807) is 0 Å². The van der Waals surface area contributed by atoms with E-state index in [2.05, 4.69) is 140 Å². The van der Waals surface area contributed by atoms with Gasteiger partial charge in [-0.2, -0.15) is 5.26 Å². The summed E-state index contributed by atoms with van der Waals surface area (Å²) in [6, 6.07) is 68.8. The van der Waals surface area contributed by atoms with Crippen molar-refractivity contribution in [2.24, 2.45) is 0 Å². The van der Waals surface area contributed by atoms with Gasteiger partial charge in [-0.1, -0.05) is 188 Å². The predicted octanol–water partition coefficient (Wildman–Crippen LogP) is 12.6. The van der Waals surface area contributed by atoms with E-state index in [9.17, 15) is 5.26 Å². The molecule has 0 aliphatic heterocycles. The Morgan fingerprint density at radius 1 is 0.278 bits per heavy atom. The van der Waals surface area contributed by atoms with E-state index in [4.69, 9.17) is 15.0 Å². The summed E-state index contributed by atoms with van der Waals surface area (Å²) in [5.41, 5.74) is 12.3. The highest BCUT2D eigenvalue weighted by molar-refractivity contribution is 6.05. The van der Waals surface area contributed by atoms with Crippen molar-refractivity contribution in [3.8, 4) is 84.7 Å². The number of hydrogen-bond donors (Lipinski definition) is 0. The molecule has 0 aliphatic carbocycles. The highest BCUT2D eigenvalue weighted by atomic mass is 15.0. The fourth-order valence-electron chi connectivity index (χ4n) is 7.06. The van der Waals surface area contributed by atoms with Crippen LogP contribution < -0.4 is 0 Å². The van der Waals surface area contributed by atoms with Crippen LogP contribution in [0.5, 0.6) is 0 Å². The van der Waals surface area contributed by atoms with Crippen molar-refractivity contribution in [2.45, 2.75) is 0 Å². The van der Waals surface area contributed by atoms with Crippen LogP contribution in [0.4, 0.5) is 0 Å². The molecule has 0 bridgehead atoms. The van der Waals surface area contributed by atoms with Gasteiger partial charge in [-0.25, -0.2) is 15.0 Å². The summed E-state index contributed by atoms with van der Waals surface area (Å²) in [5, 5.41) is 12.0. The first-order valence-corrected chi connectivity index (χ1v) is 17.9. The molecular formula is C50H32N4. The van der Waals surface area contributed by atoms with Gasteiger partial charge in [-0.15, -0.1) is 0 Å². The van der Waals surface area contributed by atoms with Crippen LogP contribution >= 0.6 is 0 Å². The first-order valence-electron chi connectivity index (χ1n) is 17.9. The Hall–Kier alpha value is -7.48. The van der Waals surface area contributed by atoms with E-state index in [1.807, 2.05) is 60.7 Å². The molecule has 4 heteroatoms. The quantitative estimate of drug-likeness (QED) is 0.167. The molecule has 0 saturated heterocycles. The Kier molecular flexibility index (Phi) is 8.57. The van der Waals surface area contributed by atoms with Crippen molar-refractivity contribution in [2.75, 3.05) is 0 Å². The zero-order chi connectivity index (χ0) is 36.3. The molecular weight excluding hydrogens is 657 g/mol. The molecule has 9 rings (SSSR count). The second-order valence-corrected chi connectivity index (χ2v) is 13.1. The van der Waals surface area contributed by atoms with Crippen LogP contribution in [0, 0.1) is 11.3 Å². The third-order valence-electron chi connectivity index (χ3n) is 9.85. The van der Waals surface area contributed by atoms with Crippen LogP contribution in [0.3, 0.4) is 0 Å². The summed E-state index contributed by atoms with van der Waals surface area (Å²) in [7, 11) is 0. The average molecular weight is 689 g/mol. The topological polar surface area (TPSA) is 62.5 Å². The third-order valence-corrected chi connectivity index (χ3v) is 9.85. The van der Waals surface area contributed by atoms with Crippen molar-refractivity contribution >= 4 is 10.8 Å². The van der Waals surface area contributed by atoms with Crippen LogP contribution in [0.2, 0.25) is 0 Å². The maximum Gasteiger partial charge on any atom is 0.164 e. The minimum atomic E-state index is 0.624. The second kappa shape index (κ2) is 14.3. The van der Waals surface area contributed by atoms with Gasteiger partial charge in [0.25, 0.3) is 0 Å². The smallest absolute Gasteiger partial charge is 0.164 e. The molecule has 0 amide bonds. The van der Waals surface area contributed by atoms with Crippen molar-refractivity contribution in [3.05, 3.63) is 200 Å². The molecule has 0 radical (unpaired) electrons. The summed E-state index contributed by atoms with van der Waals surface area (Å²) in [5.74, 6) is 1.89. The predicted molar refractivity (Wildman–Crippen MR) is 220 cm³/mol. The summed E-state index contributed by atoms with van der Waals surface area (Å²) >= 11 is 0. The molecule has 4 nitrogen and oxygen atoms in total. The van der Waals surface area contributed by atoms with E-state index in [0.717, 1.165) is 55.6 Å². The highest BCUT2D eigenvalue weighted by Gasteiger charge is 2.15. The van der Waals surface area contributed by atoms with E-state index in [0.29, 0.717) is 23.0 Å². The fourth-order valence-corrected chi connectivity index (χ4v) is 7.06. The first-order chi connectivity index (χ1) is 26.7. The van der Waals surface area contributed by atoms with Crippen LogP contribution in [0.15, 0.2) is 194 Å². The van der Waals surface area contributed by atoms with Gasteiger partial charge in [0.2, 0.25) is 0 Å². The molecule has 252 valence electrons. The number of aromatic nitrogens is 3. The zero-order valence-corrected chi connectivity index (χ0v) is 29.3. The first kappa shape index (κ1) is 32.4. The van der Waals surface area contributed by atoms with Crippen LogP contribution in [-0.2, 0) is 0 Å². The molecule has 54 heavy (non-hydrogen) atoms. The molecule has 1 aromatic heterocycles. The monoisotopic (exact) mass is 688 g/mol. The average Bonchev–Trinajstić information content (AvgIpc) is 3.26. The summed E-state index contributed by atoms with van der Waals surface area (Å²) in [4.78, 5) is 14.9. The standard InChI is InChI=1S/C50H32N4/c51-33-42-15-7-8-16-43(42)36-21-23-37(24-22-36)44-31-32-45(47-18-10-9-17-46(44)47)38-25-29-41(30-26-38)50-53-48(39-13-5-2-6-14-39)52-49(54-50)40-27-19-35(20-28-40)34-11-3-1-4-12-34/h1-32H. The summed E-state index contributed by atoms with van der Waals surface area (Å²) < 4.78 is 0. The lowest BCUT2D eigenvalue weighted by atomic mass is 9.91. The Morgan fingerprint density at radius 2 is 0.611 bits per heavy atom. The van der Waals surface area contributed by atoms with Crippen LogP contribution in [0.25, 0.3) is 89.4 Å². The molecule has 8 aromatic carbocycles. The van der Waals surface area contributed by atoms with Gasteiger partial charge in [0.1, 0.15) is 0 Å². The largest absolute Gasteiger partial charge is 0.208 e. The Bertz CT molecular complexity index is 2790. The Balaban J connectivity index is 1.06. The minimum Gasteiger partial charge on any atom is -0.208 e. The number of hydrogen-bond acceptors (Lipinski definition) is 4. The van der Waals surface area contributed by atoms with Gasteiger partial charge in [0.15, 0.2) is 17.5 Å². The van der Waals surface area contributed by atoms with Crippen LogP contribution in [0.1, 0.15) is 5.56 Å². The van der Waals surface area contributed by atoms with Crippen LogP contribution in [-0.4, -0.2) is 15.0 Å². The van der Waals surface area contributed by atoms with Gasteiger partial charge in [-0.3, -0.25) is 0 Å². The SMILES string of the molecule is N#Cc1ccccc1-c1ccc(-c2ccc(-c3ccc(-c4nc(-c5ccccc5)nc(-c5ccc(-c6ccccc6)cc5)n4)cc3)c3ccccc23)cc1. The maximum atomic E-state index is 9.61. The Morgan fingerprint density at radius 3 is 1.09 bits per heavy atom. The second-order valence-electron chi connectivity index (χ2n) is 13.1. The van der Waals surface area contributed by atoms with Gasteiger partial charge < -0.3 is 0 Å². The molecule has 0 saturated carbocycles. The minimum absolute atomic E-state index is 0.624. The molecule has 0 unspecified atom stereocenters. The van der Waals surface area contributed by atoms with Gasteiger partial charge >= 0.3 is 0 Å². The zero-order valence-electron chi connectivity index (χ0n) is 29.3. The molecule has 1 heterocycles. The molecule has 0 N–H and O–H groups in total. The lowest BCUT2D eigenvalue weighted by Gasteiger charge is -2.13. The van der Waals surface area contributed by atoms with E-state index in [1.165, 1.54) is 16.3 Å². The van der Waals surface area contributed by atoms with Crippen molar-refractivity contribution < 1.29 is 0 Å². The lowest BCUT2D eigenvalue weighted by Crippen LogP contribution is -2.00. The van der Waals surface area contributed by atoms with Gasteiger partial charge in [-0.05, 0) is 61.3 Å². The Labute approximate surface area is 314 Å². The number of nitriles is 1. The normalized spacial score (nSPS) is 10.9. The van der Waals surface area contributed by atoms with Gasteiger partial charge in [0.05, 0.1) is 11.6 Å². The van der Waals surface area contributed by atoms with Gasteiger partial charge in [0, 0.05) is 16.7 Å². The number of benzene rings is 8. The number of nitrogens with zero attached hydrogens (tertiary/aromatic N) is 4.